The van der Waals surface area contributed by atoms with Gasteiger partial charge in [-0.2, -0.15) is 0 Å². The molecule has 138 valence electrons. The average Bonchev–Trinajstić information content (AvgIpc) is 2.66. The van der Waals surface area contributed by atoms with Crippen LogP contribution in [0.1, 0.15) is 15.9 Å². The molecule has 3 aromatic rings. The van der Waals surface area contributed by atoms with Crippen LogP contribution in [0.4, 0.5) is 8.78 Å². The highest BCUT2D eigenvalue weighted by Gasteiger charge is 2.24. The van der Waals surface area contributed by atoms with Gasteiger partial charge in [-0.15, -0.1) is 0 Å². The summed E-state index contributed by atoms with van der Waals surface area (Å²) in [7, 11) is 1.21. The zero-order valence-electron chi connectivity index (χ0n) is 14.5. The van der Waals surface area contributed by atoms with Crippen molar-refractivity contribution in [1.82, 2.24) is 5.32 Å². The Balaban J connectivity index is 1.88. The van der Waals surface area contributed by atoms with Gasteiger partial charge < -0.3 is 10.1 Å². The predicted molar refractivity (Wildman–Crippen MR) is 97.3 cm³/mol. The smallest absolute Gasteiger partial charge is 0.328 e. The lowest BCUT2D eigenvalue weighted by atomic mass is 9.98. The van der Waals surface area contributed by atoms with Crippen LogP contribution in [0.3, 0.4) is 0 Å². The third-order valence-electron chi connectivity index (χ3n) is 4.22. The fourth-order valence-electron chi connectivity index (χ4n) is 2.95. The molecule has 0 radical (unpaired) electrons. The minimum Gasteiger partial charge on any atom is -0.467 e. The Hall–Kier alpha value is -3.28. The Labute approximate surface area is 154 Å². The summed E-state index contributed by atoms with van der Waals surface area (Å²) in [4.78, 5) is 24.5. The fourth-order valence-corrected chi connectivity index (χ4v) is 2.95. The molecule has 0 unspecified atom stereocenters. The number of ether oxygens (including phenoxy) is 1. The van der Waals surface area contributed by atoms with E-state index in [-0.39, 0.29) is 12.0 Å². The van der Waals surface area contributed by atoms with E-state index in [1.165, 1.54) is 7.11 Å². The quantitative estimate of drug-likeness (QED) is 0.699. The van der Waals surface area contributed by atoms with Gasteiger partial charge in [0.25, 0.3) is 5.91 Å². The molecule has 0 heterocycles. The van der Waals surface area contributed by atoms with Gasteiger partial charge in [-0.3, -0.25) is 4.79 Å². The first-order valence-electron chi connectivity index (χ1n) is 8.29. The Bertz CT molecular complexity index is 978. The Morgan fingerprint density at radius 1 is 1.00 bits per heavy atom. The maximum atomic E-state index is 13.4. The largest absolute Gasteiger partial charge is 0.467 e. The first kappa shape index (κ1) is 18.5. The molecular formula is C21H17F2NO3. The van der Waals surface area contributed by atoms with E-state index in [2.05, 4.69) is 5.32 Å². The number of carbonyl (C=O) groups is 2. The number of esters is 1. The summed E-state index contributed by atoms with van der Waals surface area (Å²) >= 11 is 0. The van der Waals surface area contributed by atoms with Gasteiger partial charge in [-0.1, -0.05) is 42.5 Å². The zero-order chi connectivity index (χ0) is 19.4. The van der Waals surface area contributed by atoms with Crippen LogP contribution in [0.5, 0.6) is 0 Å². The predicted octanol–water partition coefficient (Wildman–Crippen LogP) is 3.63. The Kier molecular flexibility index (Phi) is 5.45. The molecule has 3 rings (SSSR count). The second kappa shape index (κ2) is 7.95. The van der Waals surface area contributed by atoms with Crippen LogP contribution in [0.15, 0.2) is 60.7 Å². The molecule has 0 spiro atoms. The van der Waals surface area contributed by atoms with E-state index >= 15 is 0 Å². The van der Waals surface area contributed by atoms with Crippen LogP contribution in [-0.4, -0.2) is 25.0 Å². The standard InChI is InChI=1S/C21H17F2NO3/c1-27-21(26)19(24-20(25)15-9-16(22)12-17(23)10-15)11-14-7-4-6-13-5-2-3-8-18(13)14/h2-10,12,19H,11H2,1H3,(H,24,25)/t19-/m0/s1. The minimum absolute atomic E-state index is 0.178. The molecule has 1 N–H and O–H groups in total. The van der Waals surface area contributed by atoms with Crippen LogP contribution in [-0.2, 0) is 16.0 Å². The Morgan fingerprint density at radius 2 is 1.67 bits per heavy atom. The summed E-state index contributed by atoms with van der Waals surface area (Å²) in [5.74, 6) is -3.15. The van der Waals surface area contributed by atoms with Crippen LogP contribution < -0.4 is 5.32 Å². The highest BCUT2D eigenvalue weighted by atomic mass is 19.1. The lowest BCUT2D eigenvalue weighted by Crippen LogP contribution is -2.43. The molecular weight excluding hydrogens is 352 g/mol. The van der Waals surface area contributed by atoms with Crippen molar-refractivity contribution in [2.24, 2.45) is 0 Å². The molecule has 0 fully saturated rings. The number of fused-ring (bicyclic) bond motifs is 1. The molecule has 3 aromatic carbocycles. The fraction of sp³-hybridized carbons (Fsp3) is 0.143. The van der Waals surface area contributed by atoms with Crippen molar-refractivity contribution in [3.8, 4) is 0 Å². The number of amides is 1. The summed E-state index contributed by atoms with van der Waals surface area (Å²) < 4.78 is 31.5. The third kappa shape index (κ3) is 4.28. The second-order valence-electron chi connectivity index (χ2n) is 6.05. The highest BCUT2D eigenvalue weighted by molar-refractivity contribution is 5.97. The maximum Gasteiger partial charge on any atom is 0.328 e. The van der Waals surface area contributed by atoms with Crippen molar-refractivity contribution in [3.63, 3.8) is 0 Å². The second-order valence-corrected chi connectivity index (χ2v) is 6.05. The molecule has 0 aliphatic rings. The normalized spacial score (nSPS) is 11.8. The molecule has 0 saturated carbocycles. The molecule has 0 bridgehead atoms. The first-order valence-corrected chi connectivity index (χ1v) is 8.29. The SMILES string of the molecule is COC(=O)[C@H](Cc1cccc2ccccc12)NC(=O)c1cc(F)cc(F)c1. The molecule has 1 amide bonds. The van der Waals surface area contributed by atoms with Crippen molar-refractivity contribution in [2.75, 3.05) is 7.11 Å². The van der Waals surface area contributed by atoms with Gasteiger partial charge in [-0.25, -0.2) is 13.6 Å². The Morgan fingerprint density at radius 3 is 2.37 bits per heavy atom. The van der Waals surface area contributed by atoms with E-state index in [4.69, 9.17) is 4.74 Å². The van der Waals surface area contributed by atoms with Crippen molar-refractivity contribution in [1.29, 1.82) is 0 Å². The number of halogens is 2. The van der Waals surface area contributed by atoms with Crippen molar-refractivity contribution in [3.05, 3.63) is 83.4 Å². The molecule has 0 aliphatic heterocycles. The molecule has 27 heavy (non-hydrogen) atoms. The highest BCUT2D eigenvalue weighted by Crippen LogP contribution is 2.20. The van der Waals surface area contributed by atoms with Crippen LogP contribution >= 0.6 is 0 Å². The third-order valence-corrected chi connectivity index (χ3v) is 4.22. The van der Waals surface area contributed by atoms with E-state index in [0.29, 0.717) is 6.07 Å². The molecule has 0 aliphatic carbocycles. The topological polar surface area (TPSA) is 55.4 Å². The number of hydrogen-bond donors (Lipinski definition) is 1. The van der Waals surface area contributed by atoms with E-state index in [9.17, 15) is 18.4 Å². The van der Waals surface area contributed by atoms with Crippen LogP contribution in [0.25, 0.3) is 10.8 Å². The van der Waals surface area contributed by atoms with Gasteiger partial charge in [0.05, 0.1) is 7.11 Å². The average molecular weight is 369 g/mol. The molecule has 6 heteroatoms. The number of benzene rings is 3. The first-order chi connectivity index (χ1) is 13.0. The molecule has 0 aromatic heterocycles. The van der Waals surface area contributed by atoms with Gasteiger partial charge in [0.1, 0.15) is 17.7 Å². The van der Waals surface area contributed by atoms with Crippen molar-refractivity contribution >= 4 is 22.6 Å². The van der Waals surface area contributed by atoms with Crippen LogP contribution in [0, 0.1) is 11.6 Å². The number of hydrogen-bond acceptors (Lipinski definition) is 3. The summed E-state index contributed by atoms with van der Waals surface area (Å²) in [5, 5.41) is 4.45. The summed E-state index contributed by atoms with van der Waals surface area (Å²) in [6, 6.07) is 14.8. The zero-order valence-corrected chi connectivity index (χ0v) is 14.5. The number of rotatable bonds is 5. The minimum atomic E-state index is -1.00. The van der Waals surface area contributed by atoms with Gasteiger partial charge in [-0.05, 0) is 28.5 Å². The van der Waals surface area contributed by atoms with Gasteiger partial charge >= 0.3 is 5.97 Å². The van der Waals surface area contributed by atoms with Gasteiger partial charge in [0, 0.05) is 18.1 Å². The van der Waals surface area contributed by atoms with Gasteiger partial charge in [0.2, 0.25) is 0 Å². The van der Waals surface area contributed by atoms with Gasteiger partial charge in [0.15, 0.2) is 0 Å². The lowest BCUT2D eigenvalue weighted by Gasteiger charge is -2.18. The van der Waals surface area contributed by atoms with Crippen molar-refractivity contribution in [2.45, 2.75) is 12.5 Å². The monoisotopic (exact) mass is 369 g/mol. The summed E-state index contributed by atoms with van der Waals surface area (Å²) in [6.07, 6.45) is 0.178. The number of nitrogens with one attached hydrogen (secondary N) is 1. The van der Waals surface area contributed by atoms with E-state index in [1.54, 1.807) is 0 Å². The van der Waals surface area contributed by atoms with E-state index in [0.717, 1.165) is 28.5 Å². The number of carbonyl (C=O) groups excluding carboxylic acids is 2. The summed E-state index contributed by atoms with van der Waals surface area (Å²) in [6.45, 7) is 0. The molecule has 0 saturated heterocycles. The van der Waals surface area contributed by atoms with E-state index in [1.807, 2.05) is 42.5 Å². The molecule has 1 atom stereocenters. The van der Waals surface area contributed by atoms with Crippen molar-refractivity contribution < 1.29 is 23.1 Å². The number of methoxy groups -OCH3 is 1. The lowest BCUT2D eigenvalue weighted by molar-refractivity contribution is -0.142. The summed E-state index contributed by atoms with van der Waals surface area (Å²) in [5.41, 5.74) is 0.633. The van der Waals surface area contributed by atoms with Crippen LogP contribution in [0.2, 0.25) is 0 Å². The maximum absolute atomic E-state index is 13.4. The molecule has 4 nitrogen and oxygen atoms in total. The van der Waals surface area contributed by atoms with E-state index < -0.39 is 29.6 Å².